The molecule has 1 saturated heterocycles. The summed E-state index contributed by atoms with van der Waals surface area (Å²) < 4.78 is 0. The SMILES string of the molecule is CCCNCc1cnc(N2CCCN(C)CC2C)c(Cl)c1. The van der Waals surface area contributed by atoms with Crippen LogP contribution in [0.5, 0.6) is 0 Å². The predicted molar refractivity (Wildman–Crippen MR) is 90.2 cm³/mol. The Morgan fingerprint density at radius 1 is 1.43 bits per heavy atom. The number of aromatic nitrogens is 1. The molecule has 1 N–H and O–H groups in total. The Morgan fingerprint density at radius 2 is 2.24 bits per heavy atom. The molecule has 5 heteroatoms. The van der Waals surface area contributed by atoms with Gasteiger partial charge in [-0.25, -0.2) is 4.98 Å². The number of hydrogen-bond acceptors (Lipinski definition) is 4. The summed E-state index contributed by atoms with van der Waals surface area (Å²) in [6.45, 7) is 9.48. The first kappa shape index (κ1) is 16.5. The second-order valence-electron chi connectivity index (χ2n) is 5.98. The lowest BCUT2D eigenvalue weighted by atomic mass is 10.2. The summed E-state index contributed by atoms with van der Waals surface area (Å²) in [5.41, 5.74) is 1.15. The molecule has 1 aliphatic heterocycles. The molecule has 118 valence electrons. The minimum absolute atomic E-state index is 0.437. The molecule has 1 aromatic heterocycles. The van der Waals surface area contributed by atoms with Crippen molar-refractivity contribution in [3.63, 3.8) is 0 Å². The molecule has 0 aliphatic carbocycles. The molecule has 2 heterocycles. The summed E-state index contributed by atoms with van der Waals surface area (Å²) in [5.74, 6) is 0.929. The van der Waals surface area contributed by atoms with Crippen molar-refractivity contribution in [2.45, 2.75) is 39.3 Å². The maximum Gasteiger partial charge on any atom is 0.147 e. The molecule has 2 rings (SSSR count). The molecule has 0 aromatic carbocycles. The van der Waals surface area contributed by atoms with Crippen LogP contribution < -0.4 is 10.2 Å². The fourth-order valence-corrected chi connectivity index (χ4v) is 3.17. The first-order valence-electron chi connectivity index (χ1n) is 7.92. The van der Waals surface area contributed by atoms with E-state index in [0.717, 1.165) is 62.0 Å². The Hall–Kier alpha value is -0.840. The fourth-order valence-electron chi connectivity index (χ4n) is 2.87. The van der Waals surface area contributed by atoms with Crippen LogP contribution in [0, 0.1) is 0 Å². The average molecular weight is 311 g/mol. The zero-order chi connectivity index (χ0) is 15.2. The van der Waals surface area contributed by atoms with Gasteiger partial charge < -0.3 is 15.1 Å². The van der Waals surface area contributed by atoms with Crippen LogP contribution in [0.1, 0.15) is 32.3 Å². The molecule has 1 fully saturated rings. The maximum absolute atomic E-state index is 6.48. The third-order valence-corrected chi connectivity index (χ3v) is 4.23. The van der Waals surface area contributed by atoms with Crippen molar-refractivity contribution < 1.29 is 0 Å². The normalized spacial score (nSPS) is 20.6. The lowest BCUT2D eigenvalue weighted by Crippen LogP contribution is -2.38. The highest BCUT2D eigenvalue weighted by atomic mass is 35.5. The number of nitrogens with one attached hydrogen (secondary N) is 1. The maximum atomic E-state index is 6.48. The topological polar surface area (TPSA) is 31.4 Å². The first-order chi connectivity index (χ1) is 10.1. The lowest BCUT2D eigenvalue weighted by Gasteiger charge is -2.29. The Morgan fingerprint density at radius 3 is 2.95 bits per heavy atom. The van der Waals surface area contributed by atoms with Gasteiger partial charge in [-0.1, -0.05) is 18.5 Å². The van der Waals surface area contributed by atoms with Crippen LogP contribution in [0.2, 0.25) is 5.02 Å². The highest BCUT2D eigenvalue weighted by Gasteiger charge is 2.22. The van der Waals surface area contributed by atoms with Crippen molar-refractivity contribution in [1.82, 2.24) is 15.2 Å². The van der Waals surface area contributed by atoms with Gasteiger partial charge in [-0.15, -0.1) is 0 Å². The number of pyridine rings is 1. The van der Waals surface area contributed by atoms with Crippen molar-refractivity contribution in [3.05, 3.63) is 22.8 Å². The Kier molecular flexibility index (Phi) is 6.27. The summed E-state index contributed by atoms with van der Waals surface area (Å²) in [6.07, 6.45) is 4.24. The molecule has 4 nitrogen and oxygen atoms in total. The summed E-state index contributed by atoms with van der Waals surface area (Å²) in [6, 6.07) is 2.49. The minimum Gasteiger partial charge on any atom is -0.351 e. The number of nitrogens with zero attached hydrogens (tertiary/aromatic N) is 3. The van der Waals surface area contributed by atoms with Crippen LogP contribution in [0.3, 0.4) is 0 Å². The van der Waals surface area contributed by atoms with E-state index in [1.807, 2.05) is 12.3 Å². The molecule has 1 aromatic rings. The summed E-state index contributed by atoms with van der Waals surface area (Å²) >= 11 is 6.48. The first-order valence-corrected chi connectivity index (χ1v) is 8.30. The summed E-state index contributed by atoms with van der Waals surface area (Å²) in [4.78, 5) is 9.35. The Bertz CT molecular complexity index is 452. The summed E-state index contributed by atoms with van der Waals surface area (Å²) in [7, 11) is 2.18. The van der Waals surface area contributed by atoms with Crippen molar-refractivity contribution in [2.24, 2.45) is 0 Å². The summed E-state index contributed by atoms with van der Waals surface area (Å²) in [5, 5.41) is 4.15. The van der Waals surface area contributed by atoms with Crippen molar-refractivity contribution in [2.75, 3.05) is 38.1 Å². The molecule has 1 unspecified atom stereocenters. The molecule has 0 amide bonds. The monoisotopic (exact) mass is 310 g/mol. The largest absolute Gasteiger partial charge is 0.351 e. The van der Waals surface area contributed by atoms with Crippen molar-refractivity contribution >= 4 is 17.4 Å². The molecule has 0 saturated carbocycles. The van der Waals surface area contributed by atoms with Gasteiger partial charge in [-0.3, -0.25) is 0 Å². The van der Waals surface area contributed by atoms with Gasteiger partial charge in [0, 0.05) is 31.9 Å². The number of hydrogen-bond donors (Lipinski definition) is 1. The number of anilines is 1. The molecule has 21 heavy (non-hydrogen) atoms. The number of likely N-dealkylation sites (N-methyl/N-ethyl adjacent to an activating group) is 1. The molecular formula is C16H27ClN4. The van der Waals surface area contributed by atoms with Gasteiger partial charge in [0.1, 0.15) is 5.82 Å². The average Bonchev–Trinajstić information content (AvgIpc) is 2.60. The van der Waals surface area contributed by atoms with E-state index in [0.29, 0.717) is 6.04 Å². The molecule has 1 atom stereocenters. The predicted octanol–water partition coefficient (Wildman–Crippen LogP) is 2.77. The van der Waals surface area contributed by atoms with Crippen LogP contribution in [0.25, 0.3) is 0 Å². The van der Waals surface area contributed by atoms with E-state index in [9.17, 15) is 0 Å². The highest BCUT2D eigenvalue weighted by Crippen LogP contribution is 2.27. The van der Waals surface area contributed by atoms with E-state index >= 15 is 0 Å². The van der Waals surface area contributed by atoms with Crippen LogP contribution >= 0.6 is 11.6 Å². The van der Waals surface area contributed by atoms with Gasteiger partial charge in [0.15, 0.2) is 0 Å². The zero-order valence-electron chi connectivity index (χ0n) is 13.4. The van der Waals surface area contributed by atoms with Gasteiger partial charge in [-0.2, -0.15) is 0 Å². The van der Waals surface area contributed by atoms with Crippen LogP contribution in [0.4, 0.5) is 5.82 Å². The highest BCUT2D eigenvalue weighted by molar-refractivity contribution is 6.33. The molecule has 0 radical (unpaired) electrons. The quantitative estimate of drug-likeness (QED) is 0.847. The third kappa shape index (κ3) is 4.56. The van der Waals surface area contributed by atoms with Crippen LogP contribution in [-0.4, -0.2) is 49.2 Å². The zero-order valence-corrected chi connectivity index (χ0v) is 14.2. The van der Waals surface area contributed by atoms with Gasteiger partial charge in [0.05, 0.1) is 5.02 Å². The minimum atomic E-state index is 0.437. The van der Waals surface area contributed by atoms with Crippen molar-refractivity contribution in [1.29, 1.82) is 0 Å². The van der Waals surface area contributed by atoms with E-state index in [-0.39, 0.29) is 0 Å². The molecule has 1 aliphatic rings. The molecule has 0 spiro atoms. The van der Waals surface area contributed by atoms with Gasteiger partial charge in [0.2, 0.25) is 0 Å². The van der Waals surface area contributed by atoms with Crippen LogP contribution in [-0.2, 0) is 6.54 Å². The van der Waals surface area contributed by atoms with Gasteiger partial charge >= 0.3 is 0 Å². The third-order valence-electron chi connectivity index (χ3n) is 3.95. The van der Waals surface area contributed by atoms with Crippen LogP contribution in [0.15, 0.2) is 12.3 Å². The van der Waals surface area contributed by atoms with E-state index in [1.165, 1.54) is 0 Å². The second-order valence-corrected chi connectivity index (χ2v) is 6.39. The molecule has 0 bridgehead atoms. The van der Waals surface area contributed by atoms with E-state index in [1.54, 1.807) is 0 Å². The number of halogens is 1. The fraction of sp³-hybridized carbons (Fsp3) is 0.688. The smallest absolute Gasteiger partial charge is 0.147 e. The molecular weight excluding hydrogens is 284 g/mol. The standard InChI is InChI=1S/C16H27ClN4/c1-4-6-18-10-14-9-15(17)16(19-11-14)21-8-5-7-20(3)12-13(21)2/h9,11,13,18H,4-8,10,12H2,1-3H3. The lowest BCUT2D eigenvalue weighted by molar-refractivity contribution is 0.337. The number of rotatable bonds is 5. The second kappa shape index (κ2) is 7.97. The van der Waals surface area contributed by atoms with E-state index in [4.69, 9.17) is 11.6 Å². The van der Waals surface area contributed by atoms with Gasteiger partial charge in [0.25, 0.3) is 0 Å². The van der Waals surface area contributed by atoms with E-state index < -0.39 is 0 Å². The Labute approximate surface area is 133 Å². The van der Waals surface area contributed by atoms with E-state index in [2.05, 4.69) is 41.0 Å². The van der Waals surface area contributed by atoms with Gasteiger partial charge in [-0.05, 0) is 51.5 Å². The Balaban J connectivity index is 2.08. The van der Waals surface area contributed by atoms with Crippen molar-refractivity contribution in [3.8, 4) is 0 Å².